The van der Waals surface area contributed by atoms with E-state index in [0.29, 0.717) is 50.1 Å². The number of anilines is 1. The topological polar surface area (TPSA) is 98.4 Å². The SMILES string of the molecule is CCOc1cc(CN(C)CCC(=O)NC(=O)Nc2ccc3c(c2)OCCO3)ccc1OC(F)F. The van der Waals surface area contributed by atoms with Crippen molar-refractivity contribution in [3.8, 4) is 23.0 Å². The highest BCUT2D eigenvalue weighted by atomic mass is 19.3. The lowest BCUT2D eigenvalue weighted by Crippen LogP contribution is -2.36. The average Bonchev–Trinajstić information content (AvgIpc) is 2.79. The lowest BCUT2D eigenvalue weighted by molar-refractivity contribution is -0.120. The molecule has 0 aliphatic carbocycles. The Labute approximate surface area is 195 Å². The van der Waals surface area contributed by atoms with Crippen LogP contribution in [0.2, 0.25) is 0 Å². The van der Waals surface area contributed by atoms with Gasteiger partial charge in [-0.1, -0.05) is 6.07 Å². The summed E-state index contributed by atoms with van der Waals surface area (Å²) in [7, 11) is 1.80. The molecule has 3 rings (SSSR count). The molecule has 2 N–H and O–H groups in total. The Morgan fingerprint density at radius 3 is 2.59 bits per heavy atom. The van der Waals surface area contributed by atoms with Crippen molar-refractivity contribution in [1.29, 1.82) is 0 Å². The first-order valence-electron chi connectivity index (χ1n) is 10.7. The Morgan fingerprint density at radius 2 is 1.85 bits per heavy atom. The molecule has 184 valence electrons. The van der Waals surface area contributed by atoms with Crippen molar-refractivity contribution in [3.05, 3.63) is 42.0 Å². The van der Waals surface area contributed by atoms with Crippen LogP contribution >= 0.6 is 0 Å². The van der Waals surface area contributed by atoms with Crippen molar-refractivity contribution in [2.75, 3.05) is 38.7 Å². The fourth-order valence-corrected chi connectivity index (χ4v) is 3.27. The number of fused-ring (bicyclic) bond motifs is 1. The number of carbonyl (C=O) groups is 2. The van der Waals surface area contributed by atoms with Gasteiger partial charge >= 0.3 is 12.6 Å². The van der Waals surface area contributed by atoms with E-state index in [1.807, 2.05) is 4.90 Å². The van der Waals surface area contributed by atoms with Gasteiger partial charge in [-0.25, -0.2) is 4.79 Å². The number of halogens is 2. The third-order valence-electron chi connectivity index (χ3n) is 4.75. The molecule has 2 aromatic rings. The molecule has 11 heteroatoms. The number of nitrogens with one attached hydrogen (secondary N) is 2. The number of imide groups is 1. The second-order valence-corrected chi connectivity index (χ2v) is 7.44. The fourth-order valence-electron chi connectivity index (χ4n) is 3.27. The number of ether oxygens (including phenoxy) is 4. The number of hydrogen-bond donors (Lipinski definition) is 2. The maximum Gasteiger partial charge on any atom is 0.387 e. The minimum atomic E-state index is -2.95. The smallest absolute Gasteiger partial charge is 0.387 e. The molecular formula is C23H27F2N3O6. The van der Waals surface area contributed by atoms with Gasteiger partial charge in [-0.3, -0.25) is 10.1 Å². The normalized spacial score (nSPS) is 12.4. The number of rotatable bonds is 10. The lowest BCUT2D eigenvalue weighted by Gasteiger charge is -2.19. The van der Waals surface area contributed by atoms with Crippen LogP contribution in [0.15, 0.2) is 36.4 Å². The number of carbonyl (C=O) groups excluding carboxylic acids is 2. The van der Waals surface area contributed by atoms with Crippen molar-refractivity contribution < 1.29 is 37.3 Å². The molecule has 0 saturated carbocycles. The first-order valence-corrected chi connectivity index (χ1v) is 10.7. The number of alkyl halides is 2. The van der Waals surface area contributed by atoms with E-state index in [-0.39, 0.29) is 17.9 Å². The summed E-state index contributed by atoms with van der Waals surface area (Å²) in [5.41, 5.74) is 1.26. The Balaban J connectivity index is 1.45. The van der Waals surface area contributed by atoms with Crippen LogP contribution in [-0.4, -0.2) is 56.9 Å². The first-order chi connectivity index (χ1) is 16.3. The molecule has 0 radical (unpaired) electrons. The van der Waals surface area contributed by atoms with Crippen LogP contribution in [0.4, 0.5) is 19.3 Å². The van der Waals surface area contributed by atoms with Crippen LogP contribution in [0, 0.1) is 0 Å². The molecule has 0 fully saturated rings. The van der Waals surface area contributed by atoms with Gasteiger partial charge in [0.2, 0.25) is 5.91 Å². The highest BCUT2D eigenvalue weighted by Gasteiger charge is 2.15. The number of amides is 3. The molecule has 9 nitrogen and oxygen atoms in total. The van der Waals surface area contributed by atoms with E-state index in [9.17, 15) is 18.4 Å². The average molecular weight is 479 g/mol. The summed E-state index contributed by atoms with van der Waals surface area (Å²) >= 11 is 0. The first kappa shape index (κ1) is 25.0. The largest absolute Gasteiger partial charge is 0.490 e. The van der Waals surface area contributed by atoms with Gasteiger partial charge in [0.25, 0.3) is 0 Å². The van der Waals surface area contributed by atoms with Crippen molar-refractivity contribution in [1.82, 2.24) is 10.2 Å². The van der Waals surface area contributed by atoms with Crippen LogP contribution < -0.4 is 29.6 Å². The predicted octanol–water partition coefficient (Wildman–Crippen LogP) is 3.63. The van der Waals surface area contributed by atoms with E-state index >= 15 is 0 Å². The molecule has 1 aliphatic heterocycles. The third-order valence-corrected chi connectivity index (χ3v) is 4.75. The Hall–Kier alpha value is -3.60. The lowest BCUT2D eigenvalue weighted by atomic mass is 10.2. The van der Waals surface area contributed by atoms with Crippen LogP contribution in [0.3, 0.4) is 0 Å². The van der Waals surface area contributed by atoms with Gasteiger partial charge < -0.3 is 29.2 Å². The van der Waals surface area contributed by atoms with Gasteiger partial charge in [-0.2, -0.15) is 8.78 Å². The van der Waals surface area contributed by atoms with Crippen molar-refractivity contribution in [2.45, 2.75) is 26.5 Å². The van der Waals surface area contributed by atoms with Gasteiger partial charge in [-0.15, -0.1) is 0 Å². The Bertz CT molecular complexity index is 1000. The van der Waals surface area contributed by atoms with Gasteiger partial charge in [0.05, 0.1) is 6.61 Å². The molecule has 34 heavy (non-hydrogen) atoms. The van der Waals surface area contributed by atoms with Crippen molar-refractivity contribution >= 4 is 17.6 Å². The molecule has 0 aromatic heterocycles. The quantitative estimate of drug-likeness (QED) is 0.537. The van der Waals surface area contributed by atoms with E-state index < -0.39 is 18.5 Å². The van der Waals surface area contributed by atoms with Gasteiger partial charge in [0, 0.05) is 31.3 Å². The van der Waals surface area contributed by atoms with Crippen molar-refractivity contribution in [3.63, 3.8) is 0 Å². The molecule has 0 spiro atoms. The molecule has 0 unspecified atom stereocenters. The summed E-state index contributed by atoms with van der Waals surface area (Å²) in [5.74, 6) is 0.866. The summed E-state index contributed by atoms with van der Waals surface area (Å²) in [6.07, 6.45) is 0.0793. The standard InChI is InChI=1S/C23H27F2N3O6/c1-3-31-19-12-15(4-6-18(19)34-22(24)25)14-28(2)9-8-21(29)27-23(30)26-16-5-7-17-20(13-16)33-11-10-32-17/h4-7,12-13,22H,3,8-11,14H2,1-2H3,(H2,26,27,29,30). The summed E-state index contributed by atoms with van der Waals surface area (Å²) < 4.78 is 45.8. The monoisotopic (exact) mass is 479 g/mol. The highest BCUT2D eigenvalue weighted by molar-refractivity contribution is 6.01. The number of nitrogens with zero attached hydrogens (tertiary/aromatic N) is 1. The summed E-state index contributed by atoms with van der Waals surface area (Å²) in [4.78, 5) is 26.2. The van der Waals surface area contributed by atoms with Gasteiger partial charge in [-0.05, 0) is 43.8 Å². The van der Waals surface area contributed by atoms with Crippen LogP contribution in [0.25, 0.3) is 0 Å². The second-order valence-electron chi connectivity index (χ2n) is 7.44. The molecule has 0 bridgehead atoms. The summed E-state index contributed by atoms with van der Waals surface area (Å²) in [6, 6.07) is 9.01. The number of hydrogen-bond acceptors (Lipinski definition) is 7. The zero-order chi connectivity index (χ0) is 24.5. The minimum absolute atomic E-state index is 0.0355. The predicted molar refractivity (Wildman–Crippen MR) is 120 cm³/mol. The zero-order valence-corrected chi connectivity index (χ0v) is 18.9. The Morgan fingerprint density at radius 1 is 1.09 bits per heavy atom. The van der Waals surface area contributed by atoms with Gasteiger partial charge in [0.1, 0.15) is 13.2 Å². The Kier molecular flexibility index (Phi) is 8.86. The number of benzene rings is 2. The molecule has 1 heterocycles. The molecule has 2 aromatic carbocycles. The molecule has 0 saturated heterocycles. The van der Waals surface area contributed by atoms with E-state index in [1.54, 1.807) is 44.3 Å². The van der Waals surface area contributed by atoms with E-state index in [2.05, 4.69) is 15.4 Å². The molecular weight excluding hydrogens is 452 g/mol. The van der Waals surface area contributed by atoms with Gasteiger partial charge in [0.15, 0.2) is 23.0 Å². The van der Waals surface area contributed by atoms with E-state index in [4.69, 9.17) is 14.2 Å². The summed E-state index contributed by atoms with van der Waals surface area (Å²) in [5, 5.41) is 4.87. The minimum Gasteiger partial charge on any atom is -0.490 e. The maximum absolute atomic E-state index is 12.5. The molecule has 1 aliphatic rings. The fraction of sp³-hybridized carbons (Fsp3) is 0.391. The van der Waals surface area contributed by atoms with E-state index in [1.165, 1.54) is 6.07 Å². The van der Waals surface area contributed by atoms with E-state index in [0.717, 1.165) is 5.56 Å². The maximum atomic E-state index is 12.5. The molecule has 0 atom stereocenters. The number of urea groups is 1. The zero-order valence-electron chi connectivity index (χ0n) is 18.9. The second kappa shape index (κ2) is 12.0. The van der Waals surface area contributed by atoms with Crippen molar-refractivity contribution in [2.24, 2.45) is 0 Å². The third kappa shape index (κ3) is 7.48. The van der Waals surface area contributed by atoms with Crippen LogP contribution in [-0.2, 0) is 11.3 Å². The summed E-state index contributed by atoms with van der Waals surface area (Å²) in [6.45, 7) is 0.789. The van der Waals surface area contributed by atoms with Crippen LogP contribution in [0.5, 0.6) is 23.0 Å². The van der Waals surface area contributed by atoms with Crippen LogP contribution in [0.1, 0.15) is 18.9 Å². The highest BCUT2D eigenvalue weighted by Crippen LogP contribution is 2.32. The molecule has 3 amide bonds.